The molecule has 0 rings (SSSR count). The molecule has 0 bridgehead atoms. The van der Waals surface area contributed by atoms with Crippen molar-refractivity contribution in [3.63, 3.8) is 0 Å². The van der Waals surface area contributed by atoms with Crippen LogP contribution in [0, 0.1) is 0 Å². The molecule has 164 valence electrons. The fourth-order valence-electron chi connectivity index (χ4n) is 2.27. The highest BCUT2D eigenvalue weighted by molar-refractivity contribution is 8.08. The summed E-state index contributed by atoms with van der Waals surface area (Å²) in [5, 5.41) is 1.82. The number of hydrogen-bond donors (Lipinski definition) is 5. The first-order valence-electron chi connectivity index (χ1n) is 9.29. The van der Waals surface area contributed by atoms with Crippen molar-refractivity contribution in [2.75, 3.05) is 57.5 Å². The minimum absolute atomic E-state index is 0.142. The Bertz CT molecular complexity index is 305. The Morgan fingerprint density at radius 1 is 0.741 bits per heavy atom. The van der Waals surface area contributed by atoms with Crippen LogP contribution in [0.4, 0.5) is 0 Å². The Hall–Kier alpha value is 3.50. The normalized spacial score (nSPS) is 15.2. The summed E-state index contributed by atoms with van der Waals surface area (Å²) in [7, 11) is 0. The molecule has 0 aliphatic heterocycles. The van der Waals surface area contributed by atoms with Crippen molar-refractivity contribution in [2.24, 2.45) is 0 Å². The second-order valence-electron chi connectivity index (χ2n) is 5.76. The summed E-state index contributed by atoms with van der Waals surface area (Å²) in [6, 6.07) is 0. The summed E-state index contributed by atoms with van der Waals surface area (Å²) < 4.78 is 0.142. The predicted molar refractivity (Wildman–Crippen MR) is 162 cm³/mol. The molecular weight excluding hydrogens is 525 g/mol. The quantitative estimate of drug-likeness (QED) is 0.0650. The summed E-state index contributed by atoms with van der Waals surface area (Å²) in [4.78, 5) is 0. The van der Waals surface area contributed by atoms with Crippen LogP contribution in [0.25, 0.3) is 0 Å². The zero-order valence-electron chi connectivity index (χ0n) is 16.1. The molecule has 0 aliphatic carbocycles. The van der Waals surface area contributed by atoms with Crippen LogP contribution in [0.3, 0.4) is 0 Å². The zero-order valence-corrected chi connectivity index (χ0v) is 24.6. The second-order valence-corrected chi connectivity index (χ2v) is 15.0. The molecule has 10 heteroatoms. The minimum Gasteiger partial charge on any atom is -0.179 e. The van der Waals surface area contributed by atoms with E-state index in [2.05, 4.69) is 105 Å². The van der Waals surface area contributed by atoms with E-state index in [4.69, 9.17) is 0 Å². The predicted octanol–water partition coefficient (Wildman–Crippen LogP) is 6.53. The van der Waals surface area contributed by atoms with Gasteiger partial charge < -0.3 is 0 Å². The molecule has 0 aromatic carbocycles. The summed E-state index contributed by atoms with van der Waals surface area (Å²) in [5.74, 6) is 11.2. The van der Waals surface area contributed by atoms with Crippen LogP contribution in [-0.4, -0.2) is 77.9 Å². The van der Waals surface area contributed by atoms with E-state index < -0.39 is 0 Å². The van der Waals surface area contributed by atoms with E-state index in [1.165, 1.54) is 41.6 Å². The third-order valence-corrected chi connectivity index (χ3v) is 13.4. The number of hydrogen-bond acceptors (Lipinski definition) is 10. The maximum absolute atomic E-state index is 4.63. The van der Waals surface area contributed by atoms with Crippen molar-refractivity contribution in [1.29, 1.82) is 0 Å². The zero-order chi connectivity index (χ0) is 20.3. The molecule has 0 aromatic rings. The lowest BCUT2D eigenvalue weighted by molar-refractivity contribution is 0.727. The van der Waals surface area contributed by atoms with E-state index in [9.17, 15) is 0 Å². The summed E-state index contributed by atoms with van der Waals surface area (Å²) >= 11 is 32.7. The molecule has 3 atom stereocenters. The Balaban J connectivity index is 3.90. The highest BCUT2D eigenvalue weighted by Gasteiger charge is 2.25. The van der Waals surface area contributed by atoms with Gasteiger partial charge in [0.05, 0.1) is 4.58 Å². The number of thioether (sulfide) groups is 5. The lowest BCUT2D eigenvalue weighted by Gasteiger charge is -2.28. The molecule has 0 aliphatic rings. The number of rotatable bonds is 20. The first-order chi connectivity index (χ1) is 13.1. The van der Waals surface area contributed by atoms with Crippen molar-refractivity contribution in [3.05, 3.63) is 0 Å². The first kappa shape index (κ1) is 30.5. The van der Waals surface area contributed by atoms with Crippen molar-refractivity contribution < 1.29 is 0 Å². The minimum atomic E-state index is 0.142. The monoisotopic (exact) mass is 560 g/mol. The highest BCUT2D eigenvalue weighted by atomic mass is 32.2. The molecule has 0 N–H and O–H groups in total. The fourth-order valence-corrected chi connectivity index (χ4v) is 10.9. The molecule has 3 unspecified atom stereocenters. The van der Waals surface area contributed by atoms with E-state index in [-0.39, 0.29) is 4.58 Å². The molecule has 0 saturated heterocycles. The summed E-state index contributed by atoms with van der Waals surface area (Å²) in [6.45, 7) is 2.28. The van der Waals surface area contributed by atoms with Crippen molar-refractivity contribution in [3.8, 4) is 0 Å². The first-order valence-corrected chi connectivity index (χ1v) is 17.7. The Morgan fingerprint density at radius 2 is 1.37 bits per heavy atom. The van der Waals surface area contributed by atoms with Gasteiger partial charge in [-0.25, -0.2) is 0 Å². The van der Waals surface area contributed by atoms with Crippen LogP contribution in [0.2, 0.25) is 0 Å². The average molecular weight is 561 g/mol. The Morgan fingerprint density at radius 3 is 1.96 bits per heavy atom. The standard InChI is InChI=1S/C17H36S10/c1-2-3-15(16(17(21)22)27-7-5-19)26-11-10-23-8-9-24-13-14(12-20)25-6-4-18/h14-22H,2-13H2,1H3. The number of thiol groups is 5. The van der Waals surface area contributed by atoms with Crippen molar-refractivity contribution in [2.45, 2.75) is 40.1 Å². The molecule has 0 aromatic heterocycles. The molecule has 0 fully saturated rings. The van der Waals surface area contributed by atoms with Crippen LogP contribution < -0.4 is 0 Å². The van der Waals surface area contributed by atoms with Gasteiger partial charge in [0.2, 0.25) is 0 Å². The lowest BCUT2D eigenvalue weighted by Crippen LogP contribution is -2.27. The molecule has 0 amide bonds. The van der Waals surface area contributed by atoms with Gasteiger partial charge in [-0.15, -0.1) is 0 Å². The van der Waals surface area contributed by atoms with Crippen molar-refractivity contribution in [1.82, 2.24) is 0 Å². The van der Waals surface area contributed by atoms with E-state index >= 15 is 0 Å². The second kappa shape index (κ2) is 22.7. The summed E-state index contributed by atoms with van der Waals surface area (Å²) in [5.41, 5.74) is 0. The van der Waals surface area contributed by atoms with E-state index in [1.54, 1.807) is 0 Å². The molecule has 0 nitrogen and oxygen atoms in total. The fraction of sp³-hybridized carbons (Fsp3) is 1.00. The van der Waals surface area contributed by atoms with Crippen molar-refractivity contribution >= 4 is 122 Å². The third-order valence-electron chi connectivity index (χ3n) is 3.52. The largest absolute Gasteiger partial charge is 0.179 e. The molecule has 0 saturated carbocycles. The van der Waals surface area contributed by atoms with E-state index in [0.29, 0.717) is 15.7 Å². The van der Waals surface area contributed by atoms with E-state index in [0.717, 1.165) is 28.8 Å². The topological polar surface area (TPSA) is 0 Å². The smallest absolute Gasteiger partial charge is 0.0571 e. The van der Waals surface area contributed by atoms with Gasteiger partial charge in [0.15, 0.2) is 0 Å². The SMILES string of the molecule is CCCC(SCCSCCSCC(CS)SCCS)C(SCCS)C(S)S. The van der Waals surface area contributed by atoms with Crippen LogP contribution in [0.5, 0.6) is 0 Å². The van der Waals surface area contributed by atoms with Gasteiger partial charge in [0.25, 0.3) is 0 Å². The maximum Gasteiger partial charge on any atom is 0.0571 e. The molecule has 0 heterocycles. The molecule has 0 spiro atoms. The molecular formula is C17H36S10. The molecule has 27 heavy (non-hydrogen) atoms. The maximum atomic E-state index is 4.63. The van der Waals surface area contributed by atoms with Gasteiger partial charge in [0, 0.05) is 61.8 Å². The van der Waals surface area contributed by atoms with Crippen LogP contribution in [0.1, 0.15) is 19.8 Å². The van der Waals surface area contributed by atoms with E-state index in [1.807, 2.05) is 23.5 Å². The summed E-state index contributed by atoms with van der Waals surface area (Å²) in [6.07, 6.45) is 2.48. The van der Waals surface area contributed by atoms with Crippen LogP contribution in [0.15, 0.2) is 0 Å². The van der Waals surface area contributed by atoms with Crippen LogP contribution in [-0.2, 0) is 0 Å². The van der Waals surface area contributed by atoms with Gasteiger partial charge in [-0.3, -0.25) is 0 Å². The van der Waals surface area contributed by atoms with Gasteiger partial charge in [-0.1, -0.05) is 13.3 Å². The lowest BCUT2D eigenvalue weighted by atomic mass is 10.2. The van der Waals surface area contributed by atoms with Gasteiger partial charge in [-0.2, -0.15) is 122 Å². The molecule has 0 radical (unpaired) electrons. The average Bonchev–Trinajstić information content (AvgIpc) is 2.66. The Labute approximate surface area is 217 Å². The Kier molecular flexibility index (Phi) is 25.6. The third kappa shape index (κ3) is 17.7. The van der Waals surface area contributed by atoms with Gasteiger partial charge in [-0.05, 0) is 17.9 Å². The van der Waals surface area contributed by atoms with Gasteiger partial charge >= 0.3 is 0 Å². The van der Waals surface area contributed by atoms with Crippen LogP contribution >= 0.6 is 122 Å². The van der Waals surface area contributed by atoms with Gasteiger partial charge in [0.1, 0.15) is 0 Å². The highest BCUT2D eigenvalue weighted by Crippen LogP contribution is 2.34.